The Hall–Kier alpha value is -2.68. The molecule has 0 N–H and O–H groups in total. The highest BCUT2D eigenvalue weighted by Crippen LogP contribution is 2.33. The number of hydrogen-bond acceptors (Lipinski definition) is 7. The van der Waals surface area contributed by atoms with Crippen molar-refractivity contribution in [2.75, 3.05) is 0 Å². The van der Waals surface area contributed by atoms with Gasteiger partial charge in [-0.15, -0.1) is 16.8 Å². The normalized spacial score (nSPS) is 12.3. The van der Waals surface area contributed by atoms with Crippen LogP contribution in [0.25, 0.3) is 0 Å². The number of allylic oxidation sites excluding steroid dienone is 1. The van der Waals surface area contributed by atoms with Crippen molar-refractivity contribution in [2.45, 2.75) is 50.2 Å². The van der Waals surface area contributed by atoms with E-state index in [4.69, 9.17) is 9.26 Å². The van der Waals surface area contributed by atoms with Gasteiger partial charge in [-0.1, -0.05) is 49.0 Å². The number of ether oxygens (including phenoxy) is 1. The lowest BCUT2D eigenvalue weighted by molar-refractivity contribution is 0.275. The van der Waals surface area contributed by atoms with Gasteiger partial charge < -0.3 is 9.26 Å². The summed E-state index contributed by atoms with van der Waals surface area (Å²) < 4.78 is 26.5. The molecule has 3 aromatic rings. The van der Waals surface area contributed by atoms with Gasteiger partial charge in [0.2, 0.25) is 5.89 Å². The predicted molar refractivity (Wildman–Crippen MR) is 104 cm³/mol. The van der Waals surface area contributed by atoms with Gasteiger partial charge in [0.05, 0.1) is 5.25 Å². The summed E-state index contributed by atoms with van der Waals surface area (Å²) in [6, 6.07) is 6.25. The van der Waals surface area contributed by atoms with E-state index in [1.165, 1.54) is 17.8 Å². The van der Waals surface area contributed by atoms with Crippen LogP contribution in [0.3, 0.4) is 0 Å². The summed E-state index contributed by atoms with van der Waals surface area (Å²) in [5.41, 5.74) is 0. The fraction of sp³-hybridized carbons (Fsp3) is 0.368. The molecule has 0 amide bonds. The van der Waals surface area contributed by atoms with Gasteiger partial charge >= 0.3 is 0 Å². The molecule has 1 aromatic carbocycles. The average molecular weight is 403 g/mol. The Morgan fingerprint density at radius 3 is 2.75 bits per heavy atom. The van der Waals surface area contributed by atoms with E-state index in [-0.39, 0.29) is 23.5 Å². The predicted octanol–water partition coefficient (Wildman–Crippen LogP) is 4.54. The third kappa shape index (κ3) is 4.59. The molecule has 0 aliphatic rings. The van der Waals surface area contributed by atoms with Gasteiger partial charge in [0.15, 0.2) is 28.4 Å². The molecule has 148 valence electrons. The van der Waals surface area contributed by atoms with E-state index in [9.17, 15) is 4.39 Å². The van der Waals surface area contributed by atoms with Crippen LogP contribution in [0.15, 0.2) is 46.6 Å². The number of hydrogen-bond donors (Lipinski definition) is 0. The zero-order chi connectivity index (χ0) is 20.1. The lowest BCUT2D eigenvalue weighted by atomic mass is 10.2. The Balaban J connectivity index is 1.74. The van der Waals surface area contributed by atoms with E-state index in [1.807, 2.05) is 25.3 Å². The number of halogens is 1. The molecule has 0 aliphatic carbocycles. The summed E-state index contributed by atoms with van der Waals surface area (Å²) in [5.74, 6) is 1.73. The molecule has 0 bridgehead atoms. The van der Waals surface area contributed by atoms with Crippen LogP contribution in [0.2, 0.25) is 0 Å². The van der Waals surface area contributed by atoms with Crippen LogP contribution in [0.4, 0.5) is 4.39 Å². The summed E-state index contributed by atoms with van der Waals surface area (Å²) in [5, 5.41) is 13.0. The molecule has 0 spiro atoms. The lowest BCUT2D eigenvalue weighted by Gasteiger charge is -2.11. The number of rotatable bonds is 9. The van der Waals surface area contributed by atoms with Crippen molar-refractivity contribution in [3.05, 3.63) is 60.3 Å². The first kappa shape index (κ1) is 20.1. The second kappa shape index (κ2) is 9.01. The van der Waals surface area contributed by atoms with Crippen molar-refractivity contribution in [1.82, 2.24) is 24.9 Å². The summed E-state index contributed by atoms with van der Waals surface area (Å²) in [4.78, 5) is 4.43. The maximum Gasteiger partial charge on any atom is 0.239 e. The molecule has 28 heavy (non-hydrogen) atoms. The summed E-state index contributed by atoms with van der Waals surface area (Å²) in [6.45, 7) is 10.4. The molecule has 0 saturated heterocycles. The standard InChI is InChI=1S/C19H22FN5O2S/c1-5-10-25-16(11-26-15-9-7-6-8-14(15)20)22-23-19(25)28-13(4)18-21-17(12(2)3)24-27-18/h5-9,12-13H,1,10-11H2,2-4H3. The van der Waals surface area contributed by atoms with Gasteiger partial charge in [-0.05, 0) is 19.1 Å². The fourth-order valence-electron chi connectivity index (χ4n) is 2.38. The Bertz CT molecular complexity index is 940. The van der Waals surface area contributed by atoms with Crippen molar-refractivity contribution >= 4 is 11.8 Å². The van der Waals surface area contributed by atoms with Gasteiger partial charge in [-0.3, -0.25) is 4.57 Å². The van der Waals surface area contributed by atoms with Gasteiger partial charge in [-0.2, -0.15) is 4.98 Å². The van der Waals surface area contributed by atoms with Crippen LogP contribution in [-0.2, 0) is 13.2 Å². The first-order valence-electron chi connectivity index (χ1n) is 8.90. The fourth-order valence-corrected chi connectivity index (χ4v) is 3.29. The zero-order valence-electron chi connectivity index (χ0n) is 16.0. The number of nitrogens with zero attached hydrogens (tertiary/aromatic N) is 5. The molecule has 1 atom stereocenters. The van der Waals surface area contributed by atoms with Crippen LogP contribution >= 0.6 is 11.8 Å². The van der Waals surface area contributed by atoms with E-state index in [2.05, 4.69) is 26.9 Å². The molecular formula is C19H22FN5O2S. The van der Waals surface area contributed by atoms with E-state index >= 15 is 0 Å². The molecule has 0 radical (unpaired) electrons. The first-order chi connectivity index (χ1) is 13.5. The number of benzene rings is 1. The van der Waals surface area contributed by atoms with Crippen LogP contribution in [0.1, 0.15) is 49.5 Å². The topological polar surface area (TPSA) is 78.9 Å². The van der Waals surface area contributed by atoms with Crippen LogP contribution in [0, 0.1) is 5.82 Å². The van der Waals surface area contributed by atoms with Crippen LogP contribution in [0.5, 0.6) is 5.75 Å². The molecule has 2 heterocycles. The van der Waals surface area contributed by atoms with E-state index in [0.29, 0.717) is 29.2 Å². The first-order valence-corrected chi connectivity index (χ1v) is 9.78. The van der Waals surface area contributed by atoms with Crippen molar-refractivity contribution in [2.24, 2.45) is 0 Å². The van der Waals surface area contributed by atoms with Crippen LogP contribution < -0.4 is 4.74 Å². The number of thioether (sulfide) groups is 1. The molecule has 0 aliphatic heterocycles. The zero-order valence-corrected chi connectivity index (χ0v) is 16.8. The minimum absolute atomic E-state index is 0.0920. The minimum Gasteiger partial charge on any atom is -0.483 e. The number of aromatic nitrogens is 5. The Kier molecular flexibility index (Phi) is 6.45. The smallest absolute Gasteiger partial charge is 0.239 e. The molecule has 0 saturated carbocycles. The molecule has 7 nitrogen and oxygen atoms in total. The molecule has 0 fully saturated rings. The minimum atomic E-state index is -0.419. The maximum atomic E-state index is 13.8. The molecule has 2 aromatic heterocycles. The van der Waals surface area contributed by atoms with E-state index < -0.39 is 5.82 Å². The molecule has 3 rings (SSSR count). The van der Waals surface area contributed by atoms with Crippen molar-refractivity contribution in [3.8, 4) is 5.75 Å². The van der Waals surface area contributed by atoms with Crippen LogP contribution in [-0.4, -0.2) is 24.9 Å². The number of para-hydroxylation sites is 1. The summed E-state index contributed by atoms with van der Waals surface area (Å²) in [7, 11) is 0. The third-order valence-corrected chi connectivity index (χ3v) is 4.97. The highest BCUT2D eigenvalue weighted by molar-refractivity contribution is 7.99. The van der Waals surface area contributed by atoms with Gasteiger partial charge in [-0.25, -0.2) is 4.39 Å². The second-order valence-corrected chi connectivity index (χ2v) is 7.73. The average Bonchev–Trinajstić information content (AvgIpc) is 3.30. The SMILES string of the molecule is C=CCn1c(COc2ccccc2F)nnc1SC(C)c1nc(C(C)C)no1. The van der Waals surface area contributed by atoms with Gasteiger partial charge in [0.25, 0.3) is 0 Å². The highest BCUT2D eigenvalue weighted by Gasteiger charge is 2.21. The largest absolute Gasteiger partial charge is 0.483 e. The maximum absolute atomic E-state index is 13.8. The molecule has 1 unspecified atom stereocenters. The Labute approximate surface area is 167 Å². The van der Waals surface area contributed by atoms with Crippen molar-refractivity contribution < 1.29 is 13.7 Å². The second-order valence-electron chi connectivity index (χ2n) is 6.42. The van der Waals surface area contributed by atoms with E-state index in [0.717, 1.165) is 0 Å². The quantitative estimate of drug-likeness (QED) is 0.383. The summed E-state index contributed by atoms with van der Waals surface area (Å²) >= 11 is 1.45. The van der Waals surface area contributed by atoms with Crippen molar-refractivity contribution in [3.63, 3.8) is 0 Å². The van der Waals surface area contributed by atoms with Gasteiger partial charge in [0.1, 0.15) is 6.61 Å². The highest BCUT2D eigenvalue weighted by atomic mass is 32.2. The third-order valence-electron chi connectivity index (χ3n) is 3.90. The molecule has 9 heteroatoms. The van der Waals surface area contributed by atoms with Crippen molar-refractivity contribution in [1.29, 1.82) is 0 Å². The van der Waals surface area contributed by atoms with Gasteiger partial charge in [0, 0.05) is 12.5 Å². The lowest BCUT2D eigenvalue weighted by Crippen LogP contribution is -2.08. The Morgan fingerprint density at radius 1 is 1.29 bits per heavy atom. The Morgan fingerprint density at radius 2 is 2.07 bits per heavy atom. The monoisotopic (exact) mass is 403 g/mol. The van der Waals surface area contributed by atoms with E-state index in [1.54, 1.807) is 24.3 Å². The molecular weight excluding hydrogens is 381 g/mol. The summed E-state index contributed by atoms with van der Waals surface area (Å²) in [6.07, 6.45) is 1.74.